The van der Waals surface area contributed by atoms with E-state index in [2.05, 4.69) is 5.32 Å². The molecule has 0 unspecified atom stereocenters. The first-order chi connectivity index (χ1) is 11.9. The van der Waals surface area contributed by atoms with E-state index >= 15 is 0 Å². The highest BCUT2D eigenvalue weighted by atomic mass is 16.5. The van der Waals surface area contributed by atoms with Gasteiger partial charge in [0.1, 0.15) is 12.3 Å². The minimum absolute atomic E-state index is 0.0353. The van der Waals surface area contributed by atoms with E-state index < -0.39 is 0 Å². The number of hydrogen-bond acceptors (Lipinski definition) is 3. The highest BCUT2D eigenvalue weighted by Crippen LogP contribution is 2.22. The van der Waals surface area contributed by atoms with E-state index in [0.29, 0.717) is 12.3 Å². The van der Waals surface area contributed by atoms with Crippen LogP contribution in [0.15, 0.2) is 42.5 Å². The minimum atomic E-state index is -0.251. The molecule has 0 aliphatic rings. The summed E-state index contributed by atoms with van der Waals surface area (Å²) in [5.74, 6) is 0.328. The normalized spacial score (nSPS) is 10.2. The first-order valence-corrected chi connectivity index (χ1v) is 8.28. The van der Waals surface area contributed by atoms with Crippen LogP contribution >= 0.6 is 0 Å². The molecule has 5 nitrogen and oxygen atoms in total. The maximum atomic E-state index is 12.4. The van der Waals surface area contributed by atoms with Crippen molar-refractivity contribution in [1.29, 1.82) is 0 Å². The van der Waals surface area contributed by atoms with Crippen molar-refractivity contribution in [2.75, 3.05) is 23.4 Å². The van der Waals surface area contributed by atoms with Crippen LogP contribution in [0, 0.1) is 13.8 Å². The maximum absolute atomic E-state index is 12.4. The number of aryl methyl sites for hydroxylation is 2. The summed E-state index contributed by atoms with van der Waals surface area (Å²) in [7, 11) is 0. The van der Waals surface area contributed by atoms with Crippen LogP contribution in [0.4, 0.5) is 11.4 Å². The van der Waals surface area contributed by atoms with Gasteiger partial charge in [0.05, 0.1) is 6.61 Å². The first-order valence-electron chi connectivity index (χ1n) is 8.28. The second-order valence-electron chi connectivity index (χ2n) is 5.90. The molecule has 1 N–H and O–H groups in total. The molecule has 5 heteroatoms. The molecule has 2 rings (SSSR count). The summed E-state index contributed by atoms with van der Waals surface area (Å²) in [5, 5.41) is 2.81. The lowest BCUT2D eigenvalue weighted by atomic mass is 10.1. The molecular weight excluding hydrogens is 316 g/mol. The van der Waals surface area contributed by atoms with Crippen LogP contribution in [0.1, 0.15) is 25.0 Å². The Bertz CT molecular complexity index is 754. The van der Waals surface area contributed by atoms with Gasteiger partial charge in [-0.25, -0.2) is 0 Å². The summed E-state index contributed by atoms with van der Waals surface area (Å²) < 4.78 is 5.38. The number of anilines is 2. The molecule has 0 aliphatic carbocycles. The fourth-order valence-electron chi connectivity index (χ4n) is 2.62. The van der Waals surface area contributed by atoms with Gasteiger partial charge in [-0.15, -0.1) is 0 Å². The van der Waals surface area contributed by atoms with Crippen LogP contribution < -0.4 is 15.0 Å². The predicted octanol–water partition coefficient (Wildman–Crippen LogP) is 3.69. The third-order valence-corrected chi connectivity index (χ3v) is 3.77. The van der Waals surface area contributed by atoms with Gasteiger partial charge in [-0.3, -0.25) is 9.59 Å². The van der Waals surface area contributed by atoms with Gasteiger partial charge in [-0.05, 0) is 56.7 Å². The molecule has 25 heavy (non-hydrogen) atoms. The van der Waals surface area contributed by atoms with E-state index in [9.17, 15) is 9.59 Å². The van der Waals surface area contributed by atoms with Gasteiger partial charge in [0.15, 0.2) is 0 Å². The lowest BCUT2D eigenvalue weighted by Crippen LogP contribution is -2.37. The van der Waals surface area contributed by atoms with E-state index in [1.807, 2.05) is 39.0 Å². The molecule has 2 aromatic carbocycles. The minimum Gasteiger partial charge on any atom is -0.494 e. The van der Waals surface area contributed by atoms with E-state index in [1.54, 1.807) is 24.3 Å². The molecule has 0 spiro atoms. The fraction of sp³-hybridized carbons (Fsp3) is 0.300. The monoisotopic (exact) mass is 340 g/mol. The zero-order valence-electron chi connectivity index (χ0n) is 15.1. The van der Waals surface area contributed by atoms with Crippen LogP contribution in [0.3, 0.4) is 0 Å². The summed E-state index contributed by atoms with van der Waals surface area (Å²) in [6.45, 7) is 7.86. The lowest BCUT2D eigenvalue weighted by molar-refractivity contribution is -0.120. The average Bonchev–Trinajstić information content (AvgIpc) is 2.55. The number of nitrogens with zero attached hydrogens (tertiary/aromatic N) is 1. The second-order valence-corrected chi connectivity index (χ2v) is 5.90. The third-order valence-electron chi connectivity index (χ3n) is 3.77. The molecule has 2 aromatic rings. The largest absolute Gasteiger partial charge is 0.494 e. The summed E-state index contributed by atoms with van der Waals surface area (Å²) in [4.78, 5) is 25.9. The van der Waals surface area contributed by atoms with Crippen LogP contribution in [0.2, 0.25) is 0 Å². The number of ether oxygens (including phenoxy) is 1. The SMILES string of the molecule is CCOc1ccc(NC(=O)CN(C(C)=O)c2ccc(C)cc2C)cc1. The molecule has 0 radical (unpaired) electrons. The van der Waals surface area contributed by atoms with Crippen LogP contribution in [0.25, 0.3) is 0 Å². The van der Waals surface area contributed by atoms with Crippen molar-refractivity contribution in [1.82, 2.24) is 0 Å². The Balaban J connectivity index is 2.08. The first kappa shape index (κ1) is 18.5. The Hall–Kier alpha value is -2.82. The Morgan fingerprint density at radius 3 is 2.32 bits per heavy atom. The number of amides is 2. The van der Waals surface area contributed by atoms with E-state index in [-0.39, 0.29) is 18.4 Å². The van der Waals surface area contributed by atoms with Crippen molar-refractivity contribution in [2.24, 2.45) is 0 Å². The number of rotatable bonds is 6. The van der Waals surface area contributed by atoms with Crippen molar-refractivity contribution >= 4 is 23.2 Å². The maximum Gasteiger partial charge on any atom is 0.244 e. The molecule has 0 aromatic heterocycles. The molecule has 0 atom stereocenters. The average molecular weight is 340 g/mol. The molecule has 0 bridgehead atoms. The third kappa shape index (κ3) is 5.08. The Labute approximate surface area is 148 Å². The van der Waals surface area contributed by atoms with Gasteiger partial charge >= 0.3 is 0 Å². The molecule has 132 valence electrons. The van der Waals surface area contributed by atoms with Crippen LogP contribution in [-0.4, -0.2) is 25.0 Å². The van der Waals surface area contributed by atoms with E-state index in [0.717, 1.165) is 22.6 Å². The molecule has 0 saturated carbocycles. The van der Waals surface area contributed by atoms with E-state index in [4.69, 9.17) is 4.74 Å². The Morgan fingerprint density at radius 2 is 1.76 bits per heavy atom. The number of nitrogens with one attached hydrogen (secondary N) is 1. The molecular formula is C20H24N2O3. The van der Waals surface area contributed by atoms with Crippen LogP contribution in [0.5, 0.6) is 5.75 Å². The van der Waals surface area contributed by atoms with Crippen molar-refractivity contribution in [3.8, 4) is 5.75 Å². The molecule has 0 saturated heterocycles. The topological polar surface area (TPSA) is 58.6 Å². The molecule has 2 amide bonds. The summed E-state index contributed by atoms with van der Waals surface area (Å²) >= 11 is 0. The van der Waals surface area contributed by atoms with Crippen molar-refractivity contribution in [3.05, 3.63) is 53.6 Å². The van der Waals surface area contributed by atoms with Gasteiger partial charge in [-0.1, -0.05) is 17.7 Å². The zero-order valence-corrected chi connectivity index (χ0v) is 15.1. The standard InChI is InChI=1S/C20H24N2O3/c1-5-25-18-9-7-17(8-10-18)21-20(24)13-22(16(4)23)19-11-6-14(2)12-15(19)3/h6-12H,5,13H2,1-4H3,(H,21,24). The number of carbonyl (C=O) groups excluding carboxylic acids is 2. The Morgan fingerprint density at radius 1 is 1.08 bits per heavy atom. The molecule has 0 heterocycles. The van der Waals surface area contributed by atoms with Crippen molar-refractivity contribution in [3.63, 3.8) is 0 Å². The smallest absolute Gasteiger partial charge is 0.244 e. The van der Waals surface area contributed by atoms with Gasteiger partial charge in [0.2, 0.25) is 11.8 Å². The second kappa shape index (κ2) is 8.33. The highest BCUT2D eigenvalue weighted by Gasteiger charge is 2.17. The summed E-state index contributed by atoms with van der Waals surface area (Å²) in [6, 6.07) is 12.9. The van der Waals surface area contributed by atoms with Crippen LogP contribution in [-0.2, 0) is 9.59 Å². The quantitative estimate of drug-likeness (QED) is 0.872. The summed E-state index contributed by atoms with van der Waals surface area (Å²) in [6.07, 6.45) is 0. The summed E-state index contributed by atoms with van der Waals surface area (Å²) in [5.41, 5.74) is 3.49. The molecule has 0 fully saturated rings. The van der Waals surface area contributed by atoms with Crippen molar-refractivity contribution < 1.29 is 14.3 Å². The highest BCUT2D eigenvalue weighted by molar-refractivity contribution is 6.02. The van der Waals surface area contributed by atoms with Gasteiger partial charge < -0.3 is 15.0 Å². The van der Waals surface area contributed by atoms with Gasteiger partial charge in [0, 0.05) is 18.3 Å². The number of hydrogen-bond donors (Lipinski definition) is 1. The van der Waals surface area contributed by atoms with E-state index in [1.165, 1.54) is 11.8 Å². The number of benzene rings is 2. The fourth-order valence-corrected chi connectivity index (χ4v) is 2.62. The molecule has 0 aliphatic heterocycles. The Kier molecular flexibility index (Phi) is 6.17. The van der Waals surface area contributed by atoms with Crippen molar-refractivity contribution in [2.45, 2.75) is 27.7 Å². The predicted molar refractivity (Wildman–Crippen MR) is 100 cm³/mol. The van der Waals surface area contributed by atoms with Gasteiger partial charge in [-0.2, -0.15) is 0 Å². The lowest BCUT2D eigenvalue weighted by Gasteiger charge is -2.23. The number of carbonyl (C=O) groups is 2. The van der Waals surface area contributed by atoms with Gasteiger partial charge in [0.25, 0.3) is 0 Å². The zero-order chi connectivity index (χ0) is 18.4.